The van der Waals surface area contributed by atoms with Gasteiger partial charge in [0.1, 0.15) is 12.4 Å². The van der Waals surface area contributed by atoms with Crippen LogP contribution in [0.25, 0.3) is 0 Å². The maximum absolute atomic E-state index is 13.2. The number of amides is 1. The smallest absolute Gasteiger partial charge is 0.304 e. The van der Waals surface area contributed by atoms with Gasteiger partial charge in [-0.05, 0) is 42.0 Å². The van der Waals surface area contributed by atoms with Crippen molar-refractivity contribution in [2.75, 3.05) is 24.9 Å². The van der Waals surface area contributed by atoms with E-state index in [0.717, 1.165) is 20.7 Å². The molecule has 2 aromatic rings. The molecule has 0 radical (unpaired) electrons. The normalized spacial score (nSPS) is 11.5. The minimum atomic E-state index is -3.96. The Kier molecular flexibility index (Phi) is 7.05. The molecule has 1 N–H and O–H groups in total. The summed E-state index contributed by atoms with van der Waals surface area (Å²) < 4.78 is 40.1. The molecule has 0 heterocycles. The van der Waals surface area contributed by atoms with Crippen molar-refractivity contribution in [2.24, 2.45) is 0 Å². The van der Waals surface area contributed by atoms with Crippen molar-refractivity contribution < 1.29 is 17.6 Å². The summed E-state index contributed by atoms with van der Waals surface area (Å²) in [7, 11) is -1.27. The Labute approximate surface area is 167 Å². The summed E-state index contributed by atoms with van der Waals surface area (Å²) in [5, 5.41) is 3.47. The predicted molar refractivity (Wildman–Crippen MR) is 105 cm³/mol. The van der Waals surface area contributed by atoms with E-state index in [4.69, 9.17) is 23.2 Å². The fourth-order valence-electron chi connectivity index (χ4n) is 2.16. The minimum Gasteiger partial charge on any atom is -0.350 e. The molecule has 0 aromatic heterocycles. The Bertz CT molecular complexity index is 922. The maximum Gasteiger partial charge on any atom is 0.304 e. The van der Waals surface area contributed by atoms with Crippen molar-refractivity contribution in [2.45, 2.75) is 6.54 Å². The van der Waals surface area contributed by atoms with Gasteiger partial charge in [-0.15, -0.1) is 0 Å². The molecule has 0 aliphatic carbocycles. The third-order valence-electron chi connectivity index (χ3n) is 3.63. The summed E-state index contributed by atoms with van der Waals surface area (Å²) in [5.74, 6) is -1.06. The first kappa shape index (κ1) is 21.4. The monoisotopic (exact) mass is 433 g/mol. The first-order chi connectivity index (χ1) is 12.6. The number of carbonyl (C=O) groups excluding carboxylic acids is 1. The molecule has 27 heavy (non-hydrogen) atoms. The third-order valence-corrected chi connectivity index (χ3v) is 6.04. The number of nitrogens with zero attached hydrogens (tertiary/aromatic N) is 2. The van der Waals surface area contributed by atoms with Crippen LogP contribution < -0.4 is 9.62 Å². The lowest BCUT2D eigenvalue weighted by Crippen LogP contribution is -2.45. The van der Waals surface area contributed by atoms with Crippen molar-refractivity contribution >= 4 is 45.0 Å². The molecule has 2 rings (SSSR count). The van der Waals surface area contributed by atoms with E-state index in [1.165, 1.54) is 26.2 Å². The largest absolute Gasteiger partial charge is 0.350 e. The van der Waals surface area contributed by atoms with E-state index in [-0.39, 0.29) is 12.2 Å². The Hall–Kier alpha value is -1.87. The number of anilines is 1. The van der Waals surface area contributed by atoms with Gasteiger partial charge >= 0.3 is 10.2 Å². The average Bonchev–Trinajstić information content (AvgIpc) is 2.59. The van der Waals surface area contributed by atoms with Crippen molar-refractivity contribution in [1.29, 1.82) is 0 Å². The van der Waals surface area contributed by atoms with Gasteiger partial charge in [-0.3, -0.25) is 4.79 Å². The van der Waals surface area contributed by atoms with Gasteiger partial charge in [0.15, 0.2) is 0 Å². The summed E-state index contributed by atoms with van der Waals surface area (Å²) in [6, 6.07) is 9.68. The Morgan fingerprint density at radius 3 is 2.30 bits per heavy atom. The van der Waals surface area contributed by atoms with Gasteiger partial charge in [-0.25, -0.2) is 8.70 Å². The van der Waals surface area contributed by atoms with Crippen LogP contribution in [-0.2, 0) is 21.5 Å². The van der Waals surface area contributed by atoms with Gasteiger partial charge in [0.05, 0.1) is 5.69 Å². The molecule has 0 bridgehead atoms. The molecule has 0 fully saturated rings. The van der Waals surface area contributed by atoms with Gasteiger partial charge in [0, 0.05) is 30.7 Å². The van der Waals surface area contributed by atoms with Gasteiger partial charge in [-0.2, -0.15) is 12.7 Å². The van der Waals surface area contributed by atoms with E-state index in [1.54, 1.807) is 18.2 Å². The van der Waals surface area contributed by atoms with E-state index >= 15 is 0 Å². The molecule has 0 saturated heterocycles. The van der Waals surface area contributed by atoms with Crippen LogP contribution >= 0.6 is 23.2 Å². The molecule has 6 nitrogen and oxygen atoms in total. The molecule has 2 aromatic carbocycles. The molecular weight excluding hydrogens is 416 g/mol. The number of nitrogens with one attached hydrogen (secondary N) is 1. The predicted octanol–water partition coefficient (Wildman–Crippen LogP) is 3.06. The van der Waals surface area contributed by atoms with Crippen LogP contribution in [-0.4, -0.2) is 39.3 Å². The van der Waals surface area contributed by atoms with Crippen LogP contribution in [0.3, 0.4) is 0 Å². The number of rotatable bonds is 7. The summed E-state index contributed by atoms with van der Waals surface area (Å²) >= 11 is 11.9. The lowest BCUT2D eigenvalue weighted by Gasteiger charge is -2.27. The molecule has 0 spiro atoms. The molecule has 10 heteroatoms. The fourth-order valence-corrected chi connectivity index (χ4v) is 3.69. The Balaban J connectivity index is 2.17. The van der Waals surface area contributed by atoms with Crippen LogP contribution in [0.1, 0.15) is 5.56 Å². The van der Waals surface area contributed by atoms with Crippen LogP contribution in [0.15, 0.2) is 42.5 Å². The van der Waals surface area contributed by atoms with E-state index in [2.05, 4.69) is 5.32 Å². The second-order valence-corrected chi connectivity index (χ2v) is 8.70. The topological polar surface area (TPSA) is 69.7 Å². The van der Waals surface area contributed by atoms with Crippen LogP contribution in [0, 0.1) is 5.82 Å². The molecule has 0 atom stereocenters. The minimum absolute atomic E-state index is 0.105. The second-order valence-electron chi connectivity index (χ2n) is 5.79. The van der Waals surface area contributed by atoms with E-state index in [0.29, 0.717) is 15.6 Å². The fraction of sp³-hybridized carbons (Fsp3) is 0.235. The van der Waals surface area contributed by atoms with Gasteiger partial charge in [-0.1, -0.05) is 29.3 Å². The summed E-state index contributed by atoms with van der Waals surface area (Å²) in [6.07, 6.45) is 0. The summed E-state index contributed by atoms with van der Waals surface area (Å²) in [6.45, 7) is -0.370. The highest BCUT2D eigenvalue weighted by molar-refractivity contribution is 7.90. The Morgan fingerprint density at radius 2 is 1.74 bits per heavy atom. The zero-order valence-corrected chi connectivity index (χ0v) is 16.9. The lowest BCUT2D eigenvalue weighted by atomic mass is 10.2. The number of carbonyl (C=O) groups is 1. The number of hydrogen-bond donors (Lipinski definition) is 1. The van der Waals surface area contributed by atoms with Crippen LogP contribution in [0.2, 0.25) is 10.0 Å². The maximum atomic E-state index is 13.2. The highest BCUT2D eigenvalue weighted by Gasteiger charge is 2.27. The van der Waals surface area contributed by atoms with Crippen LogP contribution in [0.5, 0.6) is 0 Å². The van der Waals surface area contributed by atoms with Gasteiger partial charge < -0.3 is 5.32 Å². The van der Waals surface area contributed by atoms with Gasteiger partial charge in [0.2, 0.25) is 5.91 Å². The Morgan fingerprint density at radius 1 is 1.11 bits per heavy atom. The molecule has 0 saturated carbocycles. The standard InChI is InChI=1S/C17H18Cl2FN3O3S/c1-22(2)27(25,26)23(15-7-5-14(20)6-8-15)11-17(24)21-10-12-3-4-13(18)9-16(12)19/h3-9H,10-11H2,1-2H3,(H,21,24). The summed E-state index contributed by atoms with van der Waals surface area (Å²) in [5.41, 5.74) is 0.808. The van der Waals surface area contributed by atoms with E-state index < -0.39 is 28.5 Å². The zero-order chi connectivity index (χ0) is 20.2. The highest BCUT2D eigenvalue weighted by Crippen LogP contribution is 2.21. The zero-order valence-electron chi connectivity index (χ0n) is 14.6. The van der Waals surface area contributed by atoms with Gasteiger partial charge in [0.25, 0.3) is 0 Å². The van der Waals surface area contributed by atoms with Crippen molar-refractivity contribution in [3.8, 4) is 0 Å². The molecular formula is C17H18Cl2FN3O3S. The first-order valence-corrected chi connectivity index (χ1v) is 9.93. The van der Waals surface area contributed by atoms with Crippen LogP contribution in [0.4, 0.5) is 10.1 Å². The molecule has 1 amide bonds. The average molecular weight is 434 g/mol. The number of halogens is 3. The number of hydrogen-bond acceptors (Lipinski definition) is 3. The SMILES string of the molecule is CN(C)S(=O)(=O)N(CC(=O)NCc1ccc(Cl)cc1Cl)c1ccc(F)cc1. The third kappa shape index (κ3) is 5.55. The molecule has 0 aliphatic heterocycles. The van der Waals surface area contributed by atoms with Crippen molar-refractivity contribution in [3.63, 3.8) is 0 Å². The van der Waals surface area contributed by atoms with E-state index in [9.17, 15) is 17.6 Å². The van der Waals surface area contributed by atoms with Crippen molar-refractivity contribution in [1.82, 2.24) is 9.62 Å². The van der Waals surface area contributed by atoms with E-state index in [1.807, 2.05) is 0 Å². The quantitative estimate of drug-likeness (QED) is 0.729. The highest BCUT2D eigenvalue weighted by atomic mass is 35.5. The van der Waals surface area contributed by atoms with Crippen molar-refractivity contribution in [3.05, 3.63) is 63.9 Å². The molecule has 0 unspecified atom stereocenters. The number of benzene rings is 2. The second kappa shape index (κ2) is 8.88. The molecule has 146 valence electrons. The molecule has 0 aliphatic rings. The first-order valence-electron chi connectivity index (χ1n) is 7.77. The lowest BCUT2D eigenvalue weighted by molar-refractivity contribution is -0.119. The summed E-state index contributed by atoms with van der Waals surface area (Å²) in [4.78, 5) is 12.3.